The summed E-state index contributed by atoms with van der Waals surface area (Å²) in [5.41, 5.74) is 13.7. The molecule has 0 saturated heterocycles. The summed E-state index contributed by atoms with van der Waals surface area (Å²) in [6.45, 7) is 10.4. The van der Waals surface area contributed by atoms with Crippen LogP contribution in [0, 0.1) is 17.3 Å². The van der Waals surface area contributed by atoms with Gasteiger partial charge in [0.2, 0.25) is 11.4 Å². The monoisotopic (exact) mass is 619 g/mol. The Morgan fingerprint density at radius 3 is 2.34 bits per heavy atom. The van der Waals surface area contributed by atoms with Gasteiger partial charge in [0.15, 0.2) is 11.5 Å². The van der Waals surface area contributed by atoms with Crippen molar-refractivity contribution < 1.29 is 19.4 Å². The molecule has 0 saturated carbocycles. The molecule has 0 bridgehead atoms. The molecule has 5 N–H and O–H groups in total. The largest absolute Gasteiger partial charge is 0.493 e. The molecule has 0 aliphatic rings. The van der Waals surface area contributed by atoms with Crippen molar-refractivity contribution in [2.75, 3.05) is 25.7 Å². The van der Waals surface area contributed by atoms with Crippen LogP contribution in [0.2, 0.25) is 0 Å². The zero-order valence-corrected chi connectivity index (χ0v) is 26.8. The number of hydrogen-bond acceptors (Lipinski definition) is 8. The summed E-state index contributed by atoms with van der Waals surface area (Å²) >= 11 is 0. The number of rotatable bonds is 7. The zero-order valence-electron chi connectivity index (χ0n) is 25.9. The normalized spacial score (nSPS) is 11.3. The SMILES string of the molecule is COc1cc(Cc2cnc(N)nc2N)cc(C#Cc2ccc3c(=O)c(C(=O)O)cn(C(C)(C)CC(C)(C)C)c3c2)c1OC.Cl. The van der Waals surface area contributed by atoms with E-state index in [-0.39, 0.29) is 35.2 Å². The van der Waals surface area contributed by atoms with E-state index in [4.69, 9.17) is 20.9 Å². The van der Waals surface area contributed by atoms with Crippen LogP contribution in [-0.2, 0) is 12.0 Å². The molecule has 44 heavy (non-hydrogen) atoms. The first-order valence-corrected chi connectivity index (χ1v) is 13.7. The molecule has 0 amide bonds. The third-order valence-electron chi connectivity index (χ3n) is 7.04. The van der Waals surface area contributed by atoms with E-state index >= 15 is 0 Å². The summed E-state index contributed by atoms with van der Waals surface area (Å²) in [6.07, 6.45) is 4.18. The lowest BCUT2D eigenvalue weighted by Gasteiger charge is -2.36. The molecule has 2 aromatic carbocycles. The lowest BCUT2D eigenvalue weighted by atomic mass is 9.81. The molecule has 0 unspecified atom stereocenters. The maximum Gasteiger partial charge on any atom is 0.341 e. The summed E-state index contributed by atoms with van der Waals surface area (Å²) in [5, 5.41) is 10.1. The molecule has 4 rings (SSSR count). The Labute approximate surface area is 262 Å². The van der Waals surface area contributed by atoms with Crippen LogP contribution in [-0.4, -0.2) is 39.8 Å². The second-order valence-corrected chi connectivity index (χ2v) is 12.3. The Morgan fingerprint density at radius 1 is 1.05 bits per heavy atom. The van der Waals surface area contributed by atoms with Crippen molar-refractivity contribution in [1.29, 1.82) is 0 Å². The Kier molecular flexibility index (Phi) is 9.86. The first-order chi connectivity index (χ1) is 20.1. The zero-order chi connectivity index (χ0) is 31.7. The number of ether oxygens (including phenoxy) is 2. The number of nitrogens with two attached hydrogens (primary N) is 2. The number of nitrogens with zero attached hydrogens (tertiary/aromatic N) is 3. The first-order valence-electron chi connectivity index (χ1n) is 13.7. The second kappa shape index (κ2) is 12.9. The number of aromatic nitrogens is 3. The van der Waals surface area contributed by atoms with Gasteiger partial charge in [0, 0.05) is 40.9 Å². The van der Waals surface area contributed by atoms with Gasteiger partial charge in [-0.25, -0.2) is 9.78 Å². The van der Waals surface area contributed by atoms with E-state index in [9.17, 15) is 14.7 Å². The minimum absolute atomic E-state index is 0. The molecular weight excluding hydrogens is 582 g/mol. The number of hydrogen-bond donors (Lipinski definition) is 3. The first kappa shape index (κ1) is 33.7. The minimum atomic E-state index is -1.26. The molecule has 10 nitrogen and oxygen atoms in total. The van der Waals surface area contributed by atoms with E-state index < -0.39 is 16.9 Å². The lowest BCUT2D eigenvalue weighted by molar-refractivity contribution is 0.0694. The summed E-state index contributed by atoms with van der Waals surface area (Å²) in [7, 11) is 3.09. The van der Waals surface area contributed by atoms with Gasteiger partial charge in [-0.1, -0.05) is 32.6 Å². The number of methoxy groups -OCH3 is 2. The highest BCUT2D eigenvalue weighted by Crippen LogP contribution is 2.35. The molecule has 4 aromatic rings. The third kappa shape index (κ3) is 7.24. The van der Waals surface area contributed by atoms with Gasteiger partial charge < -0.3 is 30.6 Å². The highest BCUT2D eigenvalue weighted by molar-refractivity contribution is 5.93. The maximum atomic E-state index is 13.1. The van der Waals surface area contributed by atoms with Crippen LogP contribution in [0.4, 0.5) is 11.8 Å². The molecular formula is C33H38ClN5O5. The minimum Gasteiger partial charge on any atom is -0.493 e. The highest BCUT2D eigenvalue weighted by Gasteiger charge is 2.29. The van der Waals surface area contributed by atoms with Crippen molar-refractivity contribution in [2.24, 2.45) is 5.41 Å². The van der Waals surface area contributed by atoms with E-state index in [0.717, 1.165) is 12.0 Å². The molecule has 2 heterocycles. The fourth-order valence-electron chi connectivity index (χ4n) is 5.59. The van der Waals surface area contributed by atoms with Crippen LogP contribution in [0.5, 0.6) is 11.5 Å². The molecule has 232 valence electrons. The van der Waals surface area contributed by atoms with Crippen LogP contribution in [0.3, 0.4) is 0 Å². The standard InChI is InChI=1S/C33H37N5O5.ClH/c1-32(2,3)18-33(4,5)38-17-24(30(40)41)27(39)23-11-9-19(14-25(23)38)8-10-21-12-20(15-26(42-6)28(21)43-7)13-22-16-36-31(35)37-29(22)34;/h9,11-12,14-17H,13,18H2,1-7H3,(H,40,41)(H4,34,35,36,37);1H. The van der Waals surface area contributed by atoms with Crippen molar-refractivity contribution in [3.05, 3.63) is 80.8 Å². The van der Waals surface area contributed by atoms with E-state index in [0.29, 0.717) is 45.5 Å². The molecule has 0 spiro atoms. The van der Waals surface area contributed by atoms with Gasteiger partial charge in [0.25, 0.3) is 0 Å². The predicted octanol–water partition coefficient (Wildman–Crippen LogP) is 5.26. The van der Waals surface area contributed by atoms with Crippen LogP contribution in [0.25, 0.3) is 10.9 Å². The van der Waals surface area contributed by atoms with Crippen molar-refractivity contribution >= 4 is 41.0 Å². The molecule has 0 fully saturated rings. The fourth-order valence-corrected chi connectivity index (χ4v) is 5.59. The number of halogens is 1. The quantitative estimate of drug-likeness (QED) is 0.235. The Hall–Kier alpha value is -4.75. The van der Waals surface area contributed by atoms with Crippen LogP contribution < -0.4 is 26.4 Å². The number of carboxylic acids is 1. The average molecular weight is 620 g/mol. The molecule has 2 aromatic heterocycles. The number of nitrogen functional groups attached to an aromatic ring is 2. The third-order valence-corrected chi connectivity index (χ3v) is 7.04. The molecule has 0 radical (unpaired) electrons. The van der Waals surface area contributed by atoms with Gasteiger partial charge in [-0.05, 0) is 61.6 Å². The molecule has 0 aliphatic carbocycles. The van der Waals surface area contributed by atoms with Crippen LogP contribution in [0.1, 0.15) is 73.7 Å². The number of fused-ring (bicyclic) bond motifs is 1. The van der Waals surface area contributed by atoms with Gasteiger partial charge in [0.05, 0.1) is 25.3 Å². The van der Waals surface area contributed by atoms with Gasteiger partial charge in [-0.2, -0.15) is 4.98 Å². The molecule has 0 atom stereocenters. The van der Waals surface area contributed by atoms with Crippen molar-refractivity contribution in [1.82, 2.24) is 14.5 Å². The number of carbonyl (C=O) groups is 1. The van der Waals surface area contributed by atoms with E-state index in [1.807, 2.05) is 36.6 Å². The van der Waals surface area contributed by atoms with Gasteiger partial charge in [-0.3, -0.25) is 4.79 Å². The van der Waals surface area contributed by atoms with E-state index in [1.165, 1.54) is 6.20 Å². The van der Waals surface area contributed by atoms with Crippen molar-refractivity contribution in [2.45, 2.75) is 53.0 Å². The van der Waals surface area contributed by atoms with Crippen LogP contribution >= 0.6 is 12.4 Å². The number of pyridine rings is 1. The highest BCUT2D eigenvalue weighted by atomic mass is 35.5. The van der Waals surface area contributed by atoms with Crippen molar-refractivity contribution in [3.63, 3.8) is 0 Å². The summed E-state index contributed by atoms with van der Waals surface area (Å²) < 4.78 is 13.1. The van der Waals surface area contributed by atoms with E-state index in [2.05, 4.69) is 42.6 Å². The number of aromatic carboxylic acids is 1. The lowest BCUT2D eigenvalue weighted by Crippen LogP contribution is -2.34. The smallest absolute Gasteiger partial charge is 0.341 e. The molecule has 11 heteroatoms. The topological polar surface area (TPSA) is 156 Å². The summed E-state index contributed by atoms with van der Waals surface area (Å²) in [5.74, 6) is 6.47. The number of benzene rings is 2. The van der Waals surface area contributed by atoms with Crippen molar-refractivity contribution in [3.8, 4) is 23.3 Å². The van der Waals surface area contributed by atoms with E-state index in [1.54, 1.807) is 32.5 Å². The van der Waals surface area contributed by atoms with Gasteiger partial charge in [-0.15, -0.1) is 12.4 Å². The Bertz CT molecular complexity index is 1850. The van der Waals surface area contributed by atoms with Crippen LogP contribution in [0.15, 0.2) is 47.5 Å². The number of carboxylic acid groups (broad SMARTS) is 1. The Balaban J connectivity index is 0.00000529. The Morgan fingerprint density at radius 2 is 1.75 bits per heavy atom. The average Bonchev–Trinajstić information content (AvgIpc) is 2.91. The fraction of sp³-hybridized carbons (Fsp3) is 0.333. The summed E-state index contributed by atoms with van der Waals surface area (Å²) in [6, 6.07) is 8.89. The summed E-state index contributed by atoms with van der Waals surface area (Å²) in [4.78, 5) is 33.2. The second-order valence-electron chi connectivity index (χ2n) is 12.3. The van der Waals surface area contributed by atoms with Gasteiger partial charge in [0.1, 0.15) is 11.4 Å². The molecule has 0 aliphatic heterocycles. The maximum absolute atomic E-state index is 13.1. The number of anilines is 2. The predicted molar refractivity (Wildman–Crippen MR) is 175 cm³/mol. The van der Waals surface area contributed by atoms with Gasteiger partial charge >= 0.3 is 5.97 Å².